The van der Waals surface area contributed by atoms with Crippen molar-refractivity contribution in [1.29, 1.82) is 0 Å². The fourth-order valence-electron chi connectivity index (χ4n) is 5.24. The first-order valence-electron chi connectivity index (χ1n) is 12.3. The number of aromatic nitrogens is 2. The van der Waals surface area contributed by atoms with Crippen molar-refractivity contribution in [3.63, 3.8) is 0 Å². The summed E-state index contributed by atoms with van der Waals surface area (Å²) in [6.07, 6.45) is -0.0000585. The van der Waals surface area contributed by atoms with Crippen LogP contribution in [0, 0.1) is 18.7 Å². The molecule has 6 nitrogen and oxygen atoms in total. The molecular formula is C30H28FN3O3. The van der Waals surface area contributed by atoms with Gasteiger partial charge in [0.25, 0.3) is 0 Å². The molecule has 0 saturated heterocycles. The lowest BCUT2D eigenvalue weighted by Gasteiger charge is -2.38. The third-order valence-electron chi connectivity index (χ3n) is 6.98. The second kappa shape index (κ2) is 10.0. The minimum Gasteiger partial charge on any atom is -0.497 e. The van der Waals surface area contributed by atoms with Crippen molar-refractivity contribution in [3.05, 3.63) is 107 Å². The summed E-state index contributed by atoms with van der Waals surface area (Å²) in [5, 5.41) is 4.83. The number of nitrogens with zero attached hydrogens (tertiary/aromatic N) is 3. The minimum atomic E-state index is -0.677. The Labute approximate surface area is 215 Å². The van der Waals surface area contributed by atoms with E-state index < -0.39 is 11.8 Å². The number of carbonyl (C=O) groups excluding carboxylic acids is 2. The fourth-order valence-corrected chi connectivity index (χ4v) is 5.24. The average Bonchev–Trinajstić information content (AvgIpc) is 3.26. The smallest absolute Gasteiger partial charge is 0.232 e. The molecule has 0 N–H and O–H groups in total. The summed E-state index contributed by atoms with van der Waals surface area (Å²) >= 11 is 0. The second-order valence-corrected chi connectivity index (χ2v) is 9.15. The van der Waals surface area contributed by atoms with E-state index in [-0.39, 0.29) is 23.9 Å². The number of ketones is 1. The maximum Gasteiger partial charge on any atom is 0.232 e. The molecule has 0 saturated carbocycles. The Bertz CT molecular complexity index is 1450. The van der Waals surface area contributed by atoms with Crippen LogP contribution in [0.5, 0.6) is 5.75 Å². The number of methoxy groups -OCH3 is 1. The predicted octanol–water partition coefficient (Wildman–Crippen LogP) is 5.72. The Morgan fingerprint density at radius 1 is 1.03 bits per heavy atom. The van der Waals surface area contributed by atoms with Crippen LogP contribution in [0.1, 0.15) is 46.4 Å². The van der Waals surface area contributed by atoms with Gasteiger partial charge < -0.3 is 4.74 Å². The molecule has 4 aromatic rings. The molecule has 0 bridgehead atoms. The van der Waals surface area contributed by atoms with Crippen molar-refractivity contribution < 1.29 is 18.7 Å². The lowest BCUT2D eigenvalue weighted by atomic mass is 9.74. The molecule has 0 spiro atoms. The number of para-hydroxylation sites is 1. The largest absolute Gasteiger partial charge is 0.497 e. The SMILES string of the molecule is CCN1C(=O)[C@@H](CC(=O)c2cccc(OC)c2)[C@@H](c2ccc(F)cc2)c2c(C)nn(-c3ccccc3)c21. The van der Waals surface area contributed by atoms with Gasteiger partial charge in [-0.2, -0.15) is 5.10 Å². The van der Waals surface area contributed by atoms with E-state index in [1.165, 1.54) is 12.1 Å². The number of halogens is 1. The molecule has 0 fully saturated rings. The van der Waals surface area contributed by atoms with Crippen LogP contribution in [0.4, 0.5) is 10.2 Å². The number of fused-ring (bicyclic) bond motifs is 1. The van der Waals surface area contributed by atoms with Crippen LogP contribution in [0.2, 0.25) is 0 Å². The highest BCUT2D eigenvalue weighted by Gasteiger charge is 2.45. The molecule has 0 aliphatic carbocycles. The van der Waals surface area contributed by atoms with Gasteiger partial charge in [0, 0.05) is 30.0 Å². The van der Waals surface area contributed by atoms with Crippen LogP contribution in [-0.4, -0.2) is 35.1 Å². The Hall–Kier alpha value is -4.26. The van der Waals surface area contributed by atoms with E-state index >= 15 is 0 Å². The number of rotatable bonds is 7. The number of benzene rings is 3. The molecule has 2 heterocycles. The summed E-state index contributed by atoms with van der Waals surface area (Å²) in [6.45, 7) is 4.25. The number of hydrogen-bond acceptors (Lipinski definition) is 4. The van der Waals surface area contributed by atoms with Gasteiger partial charge >= 0.3 is 0 Å². The van der Waals surface area contributed by atoms with Gasteiger partial charge in [0.15, 0.2) is 5.78 Å². The molecule has 2 atom stereocenters. The number of aryl methyl sites for hydroxylation is 1. The van der Waals surface area contributed by atoms with Gasteiger partial charge in [-0.3, -0.25) is 14.5 Å². The Morgan fingerprint density at radius 2 is 1.76 bits per heavy atom. The summed E-state index contributed by atoms with van der Waals surface area (Å²) in [5.41, 5.74) is 3.72. The quantitative estimate of drug-likeness (QED) is 0.307. The monoisotopic (exact) mass is 497 g/mol. The maximum atomic E-state index is 14.1. The van der Waals surface area contributed by atoms with E-state index in [9.17, 15) is 14.0 Å². The van der Waals surface area contributed by atoms with Crippen molar-refractivity contribution in [2.24, 2.45) is 5.92 Å². The zero-order valence-corrected chi connectivity index (χ0v) is 21.0. The van der Waals surface area contributed by atoms with Crippen molar-refractivity contribution in [3.8, 4) is 11.4 Å². The Morgan fingerprint density at radius 3 is 2.43 bits per heavy atom. The number of carbonyl (C=O) groups is 2. The first-order valence-corrected chi connectivity index (χ1v) is 12.3. The van der Waals surface area contributed by atoms with E-state index in [2.05, 4.69) is 0 Å². The lowest BCUT2D eigenvalue weighted by Crippen LogP contribution is -2.45. The summed E-state index contributed by atoms with van der Waals surface area (Å²) in [5.74, 6) is -0.540. The topological polar surface area (TPSA) is 64.4 Å². The van der Waals surface area contributed by atoms with Crippen LogP contribution in [-0.2, 0) is 4.79 Å². The highest BCUT2D eigenvalue weighted by Crippen LogP contribution is 2.47. The van der Waals surface area contributed by atoms with Crippen molar-refractivity contribution in [2.75, 3.05) is 18.6 Å². The molecular weight excluding hydrogens is 469 g/mol. The van der Waals surface area contributed by atoms with Gasteiger partial charge in [0.05, 0.1) is 24.4 Å². The molecule has 1 amide bonds. The van der Waals surface area contributed by atoms with E-state index in [4.69, 9.17) is 9.84 Å². The van der Waals surface area contributed by atoms with Crippen molar-refractivity contribution in [2.45, 2.75) is 26.2 Å². The van der Waals surface area contributed by atoms with Gasteiger partial charge in [-0.15, -0.1) is 0 Å². The van der Waals surface area contributed by atoms with Crippen LogP contribution in [0.3, 0.4) is 0 Å². The van der Waals surface area contributed by atoms with Gasteiger partial charge in [-0.05, 0) is 55.8 Å². The normalized spacial score (nSPS) is 17.0. The van der Waals surface area contributed by atoms with Crippen LogP contribution < -0.4 is 9.64 Å². The number of amides is 1. The number of Topliss-reactive ketones (excluding diaryl/α,β-unsaturated/α-hetero) is 1. The molecule has 188 valence electrons. The second-order valence-electron chi connectivity index (χ2n) is 9.15. The van der Waals surface area contributed by atoms with E-state index in [0.29, 0.717) is 23.7 Å². The van der Waals surface area contributed by atoms with E-state index in [1.807, 2.05) is 44.2 Å². The van der Waals surface area contributed by atoms with E-state index in [1.54, 1.807) is 53.1 Å². The molecule has 37 heavy (non-hydrogen) atoms. The van der Waals surface area contributed by atoms with E-state index in [0.717, 1.165) is 22.5 Å². The van der Waals surface area contributed by atoms with Crippen LogP contribution in [0.15, 0.2) is 78.9 Å². The minimum absolute atomic E-state index is 0.0000585. The Kier molecular flexibility index (Phi) is 6.61. The zero-order chi connectivity index (χ0) is 26.1. The van der Waals surface area contributed by atoms with Crippen molar-refractivity contribution >= 4 is 17.5 Å². The standard InChI is InChI=1S/C30H28FN3O3/c1-4-33-29-27(19(2)32-34(29)23-10-6-5-7-11-23)28(20-13-15-22(31)16-14-20)25(30(33)36)18-26(35)21-9-8-12-24(17-21)37-3/h5-17,25,28H,4,18H2,1-3H3/t25-,28+/m0/s1. The van der Waals surface area contributed by atoms with Crippen LogP contribution in [0.25, 0.3) is 5.69 Å². The first kappa shape index (κ1) is 24.4. The molecule has 7 heteroatoms. The Balaban J connectivity index is 1.67. The fraction of sp³-hybridized carbons (Fsp3) is 0.233. The van der Waals surface area contributed by atoms with Gasteiger partial charge in [-0.25, -0.2) is 9.07 Å². The summed E-state index contributed by atoms with van der Waals surface area (Å²) in [7, 11) is 1.55. The zero-order valence-electron chi connectivity index (χ0n) is 21.0. The summed E-state index contributed by atoms with van der Waals surface area (Å²) in [6, 6.07) is 22.8. The highest BCUT2D eigenvalue weighted by atomic mass is 19.1. The predicted molar refractivity (Wildman–Crippen MR) is 140 cm³/mol. The third-order valence-corrected chi connectivity index (χ3v) is 6.98. The first-order chi connectivity index (χ1) is 17.9. The summed E-state index contributed by atoms with van der Waals surface area (Å²) < 4.78 is 21.0. The van der Waals surface area contributed by atoms with Gasteiger partial charge in [-0.1, -0.05) is 42.5 Å². The van der Waals surface area contributed by atoms with Crippen molar-refractivity contribution in [1.82, 2.24) is 9.78 Å². The maximum absolute atomic E-state index is 14.1. The molecule has 1 aliphatic rings. The molecule has 5 rings (SSSR count). The number of ether oxygens (including phenoxy) is 1. The average molecular weight is 498 g/mol. The van der Waals surface area contributed by atoms with Gasteiger partial charge in [0.2, 0.25) is 5.91 Å². The molecule has 3 aromatic carbocycles. The third kappa shape index (κ3) is 4.42. The lowest BCUT2D eigenvalue weighted by molar-refractivity contribution is -0.123. The number of anilines is 1. The molecule has 0 unspecified atom stereocenters. The molecule has 1 aromatic heterocycles. The highest BCUT2D eigenvalue weighted by molar-refractivity contribution is 6.04. The molecule has 0 radical (unpaired) electrons. The molecule has 1 aliphatic heterocycles. The summed E-state index contributed by atoms with van der Waals surface area (Å²) in [4.78, 5) is 29.3. The van der Waals surface area contributed by atoms with Crippen LogP contribution >= 0.6 is 0 Å². The van der Waals surface area contributed by atoms with Gasteiger partial charge in [0.1, 0.15) is 17.4 Å². The number of hydrogen-bond donors (Lipinski definition) is 0.